The Hall–Kier alpha value is -2.53. The maximum atomic E-state index is 12.9. The van der Waals surface area contributed by atoms with E-state index < -0.39 is 17.5 Å². The highest BCUT2D eigenvalue weighted by Gasteiger charge is 2.45. The van der Waals surface area contributed by atoms with Crippen LogP contribution in [-0.2, 0) is 21.4 Å². The SMILES string of the molecule is O=C(C1Cc2cc(Cl)ccc2O1)N1CCC(C(=O)O)(c2ccccc2)CC1. The molecule has 1 saturated heterocycles. The molecule has 4 rings (SSSR count). The van der Waals surface area contributed by atoms with E-state index in [1.165, 1.54) is 0 Å². The molecule has 1 N–H and O–H groups in total. The molecule has 2 aromatic carbocycles. The van der Waals surface area contributed by atoms with Crippen molar-refractivity contribution in [2.24, 2.45) is 0 Å². The van der Waals surface area contributed by atoms with Gasteiger partial charge in [0, 0.05) is 24.5 Å². The zero-order valence-corrected chi connectivity index (χ0v) is 15.5. The molecule has 0 bridgehead atoms. The van der Waals surface area contributed by atoms with Crippen molar-refractivity contribution >= 4 is 23.5 Å². The third-order valence-electron chi connectivity index (χ3n) is 5.64. The third-order valence-corrected chi connectivity index (χ3v) is 5.87. The van der Waals surface area contributed by atoms with Gasteiger partial charge in [0.25, 0.3) is 5.91 Å². The summed E-state index contributed by atoms with van der Waals surface area (Å²) in [7, 11) is 0. The number of halogens is 1. The molecule has 2 aliphatic heterocycles. The van der Waals surface area contributed by atoms with Gasteiger partial charge in [-0.25, -0.2) is 0 Å². The molecule has 0 radical (unpaired) electrons. The molecule has 5 nitrogen and oxygen atoms in total. The Labute approximate surface area is 162 Å². The molecule has 2 aliphatic rings. The summed E-state index contributed by atoms with van der Waals surface area (Å²) < 4.78 is 5.79. The molecule has 2 aromatic rings. The van der Waals surface area contributed by atoms with Crippen molar-refractivity contribution in [3.63, 3.8) is 0 Å². The number of carboxylic acid groups (broad SMARTS) is 1. The van der Waals surface area contributed by atoms with Crippen LogP contribution < -0.4 is 4.74 Å². The lowest BCUT2D eigenvalue weighted by Crippen LogP contribution is -2.51. The third kappa shape index (κ3) is 3.16. The van der Waals surface area contributed by atoms with Crippen LogP contribution in [0.2, 0.25) is 5.02 Å². The van der Waals surface area contributed by atoms with Crippen LogP contribution in [0, 0.1) is 0 Å². The summed E-state index contributed by atoms with van der Waals surface area (Å²) in [6.07, 6.45) is 0.716. The van der Waals surface area contributed by atoms with Crippen LogP contribution in [0.5, 0.6) is 5.75 Å². The lowest BCUT2D eigenvalue weighted by atomic mass is 9.72. The van der Waals surface area contributed by atoms with Gasteiger partial charge in [0.15, 0.2) is 6.10 Å². The lowest BCUT2D eigenvalue weighted by Gasteiger charge is -2.39. The molecule has 27 heavy (non-hydrogen) atoms. The largest absolute Gasteiger partial charge is 0.481 e. The summed E-state index contributed by atoms with van der Waals surface area (Å²) in [5, 5.41) is 10.5. The molecule has 0 spiro atoms. The number of fused-ring (bicyclic) bond motifs is 1. The smallest absolute Gasteiger partial charge is 0.314 e. The lowest BCUT2D eigenvalue weighted by molar-refractivity contribution is -0.149. The van der Waals surface area contributed by atoms with E-state index >= 15 is 0 Å². The minimum atomic E-state index is -0.939. The van der Waals surface area contributed by atoms with Crippen LogP contribution in [0.1, 0.15) is 24.0 Å². The van der Waals surface area contributed by atoms with Crippen LogP contribution in [0.4, 0.5) is 0 Å². The summed E-state index contributed by atoms with van der Waals surface area (Å²) in [5.41, 5.74) is 0.788. The zero-order valence-electron chi connectivity index (χ0n) is 14.7. The van der Waals surface area contributed by atoms with Gasteiger partial charge in [0.2, 0.25) is 0 Å². The number of amides is 1. The Morgan fingerprint density at radius 2 is 1.81 bits per heavy atom. The number of rotatable bonds is 3. The number of carbonyl (C=O) groups excluding carboxylic acids is 1. The number of hydrogen-bond acceptors (Lipinski definition) is 3. The first-order valence-electron chi connectivity index (χ1n) is 9.02. The Morgan fingerprint density at radius 1 is 1.11 bits per heavy atom. The van der Waals surface area contributed by atoms with Crippen molar-refractivity contribution in [1.29, 1.82) is 0 Å². The highest BCUT2D eigenvalue weighted by atomic mass is 35.5. The fourth-order valence-electron chi connectivity index (χ4n) is 4.05. The molecule has 2 heterocycles. The normalized spacial score (nSPS) is 20.6. The van der Waals surface area contributed by atoms with Crippen molar-refractivity contribution in [2.75, 3.05) is 13.1 Å². The second-order valence-corrected chi connectivity index (χ2v) is 7.58. The second-order valence-electron chi connectivity index (χ2n) is 7.14. The number of carbonyl (C=O) groups is 2. The number of likely N-dealkylation sites (tertiary alicyclic amines) is 1. The maximum Gasteiger partial charge on any atom is 0.314 e. The molecule has 0 aromatic heterocycles. The van der Waals surface area contributed by atoms with Gasteiger partial charge in [-0.1, -0.05) is 41.9 Å². The molecular weight excluding hydrogens is 366 g/mol. The highest BCUT2D eigenvalue weighted by molar-refractivity contribution is 6.30. The molecule has 1 fully saturated rings. The van der Waals surface area contributed by atoms with Gasteiger partial charge < -0.3 is 14.7 Å². The van der Waals surface area contributed by atoms with Gasteiger partial charge in [-0.2, -0.15) is 0 Å². The van der Waals surface area contributed by atoms with Gasteiger partial charge in [0.05, 0.1) is 5.41 Å². The Kier molecular flexibility index (Phi) is 4.56. The van der Waals surface area contributed by atoms with Crippen LogP contribution in [-0.4, -0.2) is 41.1 Å². The average molecular weight is 386 g/mol. The van der Waals surface area contributed by atoms with Gasteiger partial charge in [-0.3, -0.25) is 9.59 Å². The highest BCUT2D eigenvalue weighted by Crippen LogP contribution is 2.37. The molecule has 140 valence electrons. The van der Waals surface area contributed by atoms with E-state index in [9.17, 15) is 14.7 Å². The number of hydrogen-bond donors (Lipinski definition) is 1. The fourth-order valence-corrected chi connectivity index (χ4v) is 4.25. The molecule has 1 atom stereocenters. The van der Waals surface area contributed by atoms with Crippen LogP contribution >= 0.6 is 11.6 Å². The number of carboxylic acids is 1. The van der Waals surface area contributed by atoms with Gasteiger partial charge in [0.1, 0.15) is 5.75 Å². The molecule has 6 heteroatoms. The van der Waals surface area contributed by atoms with E-state index in [0.717, 1.165) is 11.1 Å². The average Bonchev–Trinajstić information content (AvgIpc) is 3.11. The van der Waals surface area contributed by atoms with Crippen molar-refractivity contribution in [1.82, 2.24) is 4.90 Å². The Morgan fingerprint density at radius 3 is 2.48 bits per heavy atom. The number of piperidine rings is 1. The standard InChI is InChI=1S/C21H20ClNO4/c22-16-6-7-17-14(12-16)13-18(27-17)19(24)23-10-8-21(9-11-23,20(25)26)15-4-2-1-3-5-15/h1-7,12,18H,8-11,13H2,(H,25,26). The van der Waals surface area contributed by atoms with Gasteiger partial charge >= 0.3 is 5.97 Å². The van der Waals surface area contributed by atoms with E-state index in [-0.39, 0.29) is 5.91 Å². The molecule has 1 unspecified atom stereocenters. The van der Waals surface area contributed by atoms with E-state index in [4.69, 9.17) is 16.3 Å². The topological polar surface area (TPSA) is 66.8 Å². The van der Waals surface area contributed by atoms with E-state index in [2.05, 4.69) is 0 Å². The Balaban J connectivity index is 1.46. The van der Waals surface area contributed by atoms with Crippen molar-refractivity contribution < 1.29 is 19.4 Å². The van der Waals surface area contributed by atoms with Gasteiger partial charge in [-0.15, -0.1) is 0 Å². The predicted octanol–water partition coefficient (Wildman–Crippen LogP) is 3.29. The number of benzene rings is 2. The van der Waals surface area contributed by atoms with Crippen molar-refractivity contribution in [3.05, 3.63) is 64.7 Å². The summed E-state index contributed by atoms with van der Waals surface area (Å²) in [5.74, 6) is -0.228. The second kappa shape index (κ2) is 6.89. The van der Waals surface area contributed by atoms with E-state index in [1.807, 2.05) is 36.4 Å². The predicted molar refractivity (Wildman–Crippen MR) is 101 cm³/mol. The first-order chi connectivity index (χ1) is 13.0. The minimum Gasteiger partial charge on any atom is -0.481 e. The quantitative estimate of drug-likeness (QED) is 0.880. The first kappa shape index (κ1) is 17.9. The molecular formula is C21H20ClNO4. The maximum absolute atomic E-state index is 12.9. The molecule has 0 saturated carbocycles. The number of aliphatic carboxylic acids is 1. The summed E-state index contributed by atoms with van der Waals surface area (Å²) in [4.78, 5) is 26.7. The summed E-state index contributed by atoms with van der Waals surface area (Å²) in [6.45, 7) is 0.800. The summed E-state index contributed by atoms with van der Waals surface area (Å²) in [6, 6.07) is 14.6. The number of nitrogens with zero attached hydrogens (tertiary/aromatic N) is 1. The molecule has 1 amide bonds. The molecule has 0 aliphatic carbocycles. The van der Waals surface area contributed by atoms with Crippen LogP contribution in [0.25, 0.3) is 0 Å². The van der Waals surface area contributed by atoms with E-state index in [1.54, 1.807) is 17.0 Å². The van der Waals surface area contributed by atoms with Crippen molar-refractivity contribution in [3.8, 4) is 5.75 Å². The summed E-state index contributed by atoms with van der Waals surface area (Å²) >= 11 is 6.01. The van der Waals surface area contributed by atoms with Crippen LogP contribution in [0.15, 0.2) is 48.5 Å². The fraction of sp³-hybridized carbons (Fsp3) is 0.333. The Bertz CT molecular complexity index is 875. The first-order valence-corrected chi connectivity index (χ1v) is 9.40. The zero-order chi connectivity index (χ0) is 19.0. The van der Waals surface area contributed by atoms with Crippen molar-refractivity contribution in [2.45, 2.75) is 30.8 Å². The van der Waals surface area contributed by atoms with Gasteiger partial charge in [-0.05, 0) is 42.2 Å². The van der Waals surface area contributed by atoms with E-state index in [0.29, 0.717) is 43.1 Å². The minimum absolute atomic E-state index is 0.0885. The van der Waals surface area contributed by atoms with Crippen LogP contribution in [0.3, 0.4) is 0 Å². The number of ether oxygens (including phenoxy) is 1. The monoisotopic (exact) mass is 385 g/mol.